The monoisotopic (exact) mass is 578 g/mol. The SMILES string of the molecule is COc1ccc(C(C)(C)c2ccc(OC(=O)Oc3ccc4c(c3)[C@@](C)(c3ccc(OC(C)=O)cc3)CC4(C)C)cc2)cc1. The summed E-state index contributed by atoms with van der Waals surface area (Å²) < 4.78 is 21.7. The van der Waals surface area contributed by atoms with Gasteiger partial charge in [0.15, 0.2) is 0 Å². The van der Waals surface area contributed by atoms with Crippen LogP contribution in [-0.2, 0) is 21.0 Å². The van der Waals surface area contributed by atoms with E-state index in [4.69, 9.17) is 18.9 Å². The maximum absolute atomic E-state index is 12.8. The highest BCUT2D eigenvalue weighted by atomic mass is 16.7. The summed E-state index contributed by atoms with van der Waals surface area (Å²) in [4.78, 5) is 24.2. The fourth-order valence-electron chi connectivity index (χ4n) is 6.35. The average molecular weight is 579 g/mol. The molecule has 0 heterocycles. The molecule has 6 heteroatoms. The van der Waals surface area contributed by atoms with Crippen molar-refractivity contribution in [2.75, 3.05) is 7.11 Å². The van der Waals surface area contributed by atoms with E-state index in [0.29, 0.717) is 17.2 Å². The first kappa shape index (κ1) is 29.9. The highest BCUT2D eigenvalue weighted by molar-refractivity contribution is 5.69. The van der Waals surface area contributed by atoms with Crippen molar-refractivity contribution in [3.05, 3.63) is 119 Å². The van der Waals surface area contributed by atoms with Crippen LogP contribution in [0, 0.1) is 0 Å². The van der Waals surface area contributed by atoms with Crippen LogP contribution in [0.5, 0.6) is 23.0 Å². The minimum absolute atomic E-state index is 0.0843. The molecule has 0 bridgehead atoms. The van der Waals surface area contributed by atoms with Crippen molar-refractivity contribution < 1.29 is 28.5 Å². The van der Waals surface area contributed by atoms with Crippen molar-refractivity contribution in [2.45, 2.75) is 64.2 Å². The van der Waals surface area contributed by atoms with Crippen LogP contribution in [0.3, 0.4) is 0 Å². The molecule has 0 amide bonds. The summed E-state index contributed by atoms with van der Waals surface area (Å²) in [6, 6.07) is 28.9. The second-order valence-electron chi connectivity index (χ2n) is 12.6. The van der Waals surface area contributed by atoms with E-state index in [1.54, 1.807) is 19.2 Å². The van der Waals surface area contributed by atoms with E-state index in [9.17, 15) is 9.59 Å². The molecule has 0 N–H and O–H groups in total. The number of carbonyl (C=O) groups excluding carboxylic acids is 2. The largest absolute Gasteiger partial charge is 0.519 e. The van der Waals surface area contributed by atoms with Gasteiger partial charge in [0, 0.05) is 17.8 Å². The summed E-state index contributed by atoms with van der Waals surface area (Å²) in [7, 11) is 1.65. The van der Waals surface area contributed by atoms with Crippen molar-refractivity contribution in [2.24, 2.45) is 0 Å². The van der Waals surface area contributed by atoms with Crippen LogP contribution in [0.2, 0.25) is 0 Å². The van der Waals surface area contributed by atoms with Crippen LogP contribution < -0.4 is 18.9 Å². The number of esters is 1. The smallest absolute Gasteiger partial charge is 0.497 e. The number of rotatable bonds is 7. The van der Waals surface area contributed by atoms with E-state index >= 15 is 0 Å². The molecule has 43 heavy (non-hydrogen) atoms. The summed E-state index contributed by atoms with van der Waals surface area (Å²) in [6.07, 6.45) is 0.0712. The summed E-state index contributed by atoms with van der Waals surface area (Å²) in [5, 5.41) is 0. The van der Waals surface area contributed by atoms with Crippen LogP contribution in [0.25, 0.3) is 0 Å². The minimum Gasteiger partial charge on any atom is -0.497 e. The Hall–Kier alpha value is -4.58. The molecule has 1 aliphatic rings. The zero-order valence-corrected chi connectivity index (χ0v) is 25.8. The summed E-state index contributed by atoms with van der Waals surface area (Å²) in [5.74, 6) is 1.79. The third kappa shape index (κ3) is 6.00. The fourth-order valence-corrected chi connectivity index (χ4v) is 6.35. The maximum Gasteiger partial charge on any atom is 0.519 e. The molecule has 0 unspecified atom stereocenters. The lowest BCUT2D eigenvalue weighted by molar-refractivity contribution is -0.131. The van der Waals surface area contributed by atoms with Crippen LogP contribution in [0.4, 0.5) is 4.79 Å². The first-order chi connectivity index (χ1) is 20.3. The second kappa shape index (κ2) is 11.3. The lowest BCUT2D eigenvalue weighted by Crippen LogP contribution is -2.23. The van der Waals surface area contributed by atoms with Crippen molar-refractivity contribution in [1.29, 1.82) is 0 Å². The number of carbonyl (C=O) groups is 2. The molecule has 5 rings (SSSR count). The molecule has 222 valence electrons. The van der Waals surface area contributed by atoms with Gasteiger partial charge < -0.3 is 18.9 Å². The number of fused-ring (bicyclic) bond motifs is 1. The van der Waals surface area contributed by atoms with Crippen LogP contribution in [-0.4, -0.2) is 19.2 Å². The predicted molar refractivity (Wildman–Crippen MR) is 167 cm³/mol. The Morgan fingerprint density at radius 2 is 1.14 bits per heavy atom. The normalized spacial score (nSPS) is 17.1. The van der Waals surface area contributed by atoms with Crippen LogP contribution in [0.15, 0.2) is 91.0 Å². The quantitative estimate of drug-likeness (QED) is 0.124. The molecular weight excluding hydrogens is 540 g/mol. The van der Waals surface area contributed by atoms with Gasteiger partial charge in [0.25, 0.3) is 0 Å². The molecule has 0 radical (unpaired) electrons. The molecule has 1 atom stereocenters. The number of hydrogen-bond donors (Lipinski definition) is 0. The zero-order chi connectivity index (χ0) is 31.0. The first-order valence-corrected chi connectivity index (χ1v) is 14.4. The molecule has 0 saturated carbocycles. The van der Waals surface area contributed by atoms with Crippen LogP contribution >= 0.6 is 0 Å². The number of methoxy groups -OCH3 is 1. The van der Waals surface area contributed by atoms with Crippen LogP contribution in [0.1, 0.15) is 75.8 Å². The van der Waals surface area contributed by atoms with E-state index in [2.05, 4.69) is 46.8 Å². The highest BCUT2D eigenvalue weighted by Crippen LogP contribution is 2.53. The Kier molecular flexibility index (Phi) is 7.82. The van der Waals surface area contributed by atoms with E-state index in [1.807, 2.05) is 66.7 Å². The second-order valence-corrected chi connectivity index (χ2v) is 12.6. The Morgan fingerprint density at radius 1 is 0.651 bits per heavy atom. The Morgan fingerprint density at radius 3 is 1.70 bits per heavy atom. The Bertz CT molecular complexity index is 1630. The van der Waals surface area contributed by atoms with Gasteiger partial charge in [0.05, 0.1) is 7.11 Å². The lowest BCUT2D eigenvalue weighted by Gasteiger charge is -2.28. The molecule has 4 aromatic carbocycles. The minimum atomic E-state index is -0.799. The predicted octanol–water partition coefficient (Wildman–Crippen LogP) is 8.51. The van der Waals surface area contributed by atoms with Gasteiger partial charge in [-0.3, -0.25) is 4.79 Å². The molecule has 6 nitrogen and oxygen atoms in total. The number of benzene rings is 4. The molecule has 1 aliphatic carbocycles. The van der Waals surface area contributed by atoms with E-state index < -0.39 is 6.16 Å². The fraction of sp³-hybridized carbons (Fsp3) is 0.297. The first-order valence-electron chi connectivity index (χ1n) is 14.4. The van der Waals surface area contributed by atoms with E-state index in [1.165, 1.54) is 12.5 Å². The van der Waals surface area contributed by atoms with Gasteiger partial charge in [-0.1, -0.05) is 77.1 Å². The van der Waals surface area contributed by atoms with Crippen molar-refractivity contribution >= 4 is 12.1 Å². The summed E-state index contributed by atoms with van der Waals surface area (Å²) in [5.41, 5.74) is 4.95. The van der Waals surface area contributed by atoms with Gasteiger partial charge in [-0.25, -0.2) is 4.79 Å². The van der Waals surface area contributed by atoms with Crippen molar-refractivity contribution in [1.82, 2.24) is 0 Å². The van der Waals surface area contributed by atoms with Gasteiger partial charge in [-0.05, 0) is 88.2 Å². The lowest BCUT2D eigenvalue weighted by atomic mass is 9.75. The zero-order valence-electron chi connectivity index (χ0n) is 25.8. The Labute approximate surface area is 253 Å². The third-order valence-corrected chi connectivity index (χ3v) is 8.65. The van der Waals surface area contributed by atoms with E-state index in [0.717, 1.165) is 34.4 Å². The standard InChI is InChI=1S/C37H38O6/c1-24(38)41-29-18-12-27(13-19-29)37(6)23-35(2,3)32-21-20-31(22-33(32)37)43-34(39)42-30-16-10-26(11-17-30)36(4,5)25-8-14-28(40-7)15-9-25/h8-22H,23H2,1-7H3/t37-/m1/s1. The van der Waals surface area contributed by atoms with Gasteiger partial charge >= 0.3 is 12.1 Å². The molecule has 0 aromatic heterocycles. The molecule has 0 fully saturated rings. The van der Waals surface area contributed by atoms with E-state index in [-0.39, 0.29) is 22.2 Å². The van der Waals surface area contributed by atoms with Crippen molar-refractivity contribution in [3.63, 3.8) is 0 Å². The molecule has 0 aliphatic heterocycles. The maximum atomic E-state index is 12.8. The van der Waals surface area contributed by atoms with Gasteiger partial charge in [0.2, 0.25) is 0 Å². The van der Waals surface area contributed by atoms with Gasteiger partial charge in [0.1, 0.15) is 23.0 Å². The van der Waals surface area contributed by atoms with Gasteiger partial charge in [-0.2, -0.15) is 0 Å². The van der Waals surface area contributed by atoms with Crippen molar-refractivity contribution in [3.8, 4) is 23.0 Å². The van der Waals surface area contributed by atoms with Gasteiger partial charge in [-0.15, -0.1) is 0 Å². The molecule has 0 saturated heterocycles. The summed E-state index contributed by atoms with van der Waals surface area (Å²) >= 11 is 0. The molecule has 0 spiro atoms. The summed E-state index contributed by atoms with van der Waals surface area (Å²) in [6.45, 7) is 12.3. The molecular formula is C37H38O6. The topological polar surface area (TPSA) is 71.1 Å². The Balaban J connectivity index is 1.31. The number of ether oxygens (including phenoxy) is 4. The third-order valence-electron chi connectivity index (χ3n) is 8.65. The number of hydrogen-bond acceptors (Lipinski definition) is 6. The average Bonchev–Trinajstić information content (AvgIpc) is 3.18. The highest BCUT2D eigenvalue weighted by Gasteiger charge is 2.46. The molecule has 4 aromatic rings.